The van der Waals surface area contributed by atoms with E-state index in [1.165, 1.54) is 23.3 Å². The van der Waals surface area contributed by atoms with Gasteiger partial charge < -0.3 is 10.0 Å². The second-order valence-electron chi connectivity index (χ2n) is 2.34. The van der Waals surface area contributed by atoms with Gasteiger partial charge in [-0.3, -0.25) is 0 Å². The molecule has 0 fully saturated rings. The average molecular weight is 206 g/mol. The third-order valence-corrected chi connectivity index (χ3v) is 2.56. The summed E-state index contributed by atoms with van der Waals surface area (Å²) in [6.45, 7) is 0.396. The van der Waals surface area contributed by atoms with Gasteiger partial charge in [0.15, 0.2) is 0 Å². The Balaban J connectivity index is 2.58. The van der Waals surface area contributed by atoms with Gasteiger partial charge in [0.25, 0.3) is 0 Å². The highest BCUT2D eigenvalue weighted by molar-refractivity contribution is 7.16. The molecule has 3 nitrogen and oxygen atoms in total. The van der Waals surface area contributed by atoms with Gasteiger partial charge in [0.05, 0.1) is 10.9 Å². The smallest absolute Gasteiger partial charge is 0.407 e. The van der Waals surface area contributed by atoms with Crippen molar-refractivity contribution in [3.8, 4) is 0 Å². The summed E-state index contributed by atoms with van der Waals surface area (Å²) in [5, 5.41) is 8.55. The fraction of sp³-hybridized carbons (Fsp3) is 0.286. The Bertz CT molecular complexity index is 287. The van der Waals surface area contributed by atoms with E-state index in [-0.39, 0.29) is 0 Å². The average Bonchev–Trinajstić information content (AvgIpc) is 2.35. The highest BCUT2D eigenvalue weighted by Gasteiger charge is 2.07. The lowest BCUT2D eigenvalue weighted by Gasteiger charge is -2.10. The van der Waals surface area contributed by atoms with Crippen LogP contribution in [0.4, 0.5) is 4.79 Å². The van der Waals surface area contributed by atoms with E-state index in [4.69, 9.17) is 16.7 Å². The molecule has 5 heteroatoms. The summed E-state index contributed by atoms with van der Waals surface area (Å²) in [5.74, 6) is 0. The van der Waals surface area contributed by atoms with Crippen molar-refractivity contribution >= 4 is 29.0 Å². The van der Waals surface area contributed by atoms with Crippen molar-refractivity contribution in [2.24, 2.45) is 0 Å². The van der Waals surface area contributed by atoms with Crippen LogP contribution in [0, 0.1) is 0 Å². The normalized spacial score (nSPS) is 9.83. The van der Waals surface area contributed by atoms with Crippen molar-refractivity contribution in [3.63, 3.8) is 0 Å². The molecule has 0 aliphatic rings. The summed E-state index contributed by atoms with van der Waals surface area (Å²) in [6, 6.07) is 3.59. The first kappa shape index (κ1) is 9.35. The van der Waals surface area contributed by atoms with E-state index in [0.717, 1.165) is 4.88 Å². The summed E-state index contributed by atoms with van der Waals surface area (Å²) in [7, 11) is 1.52. The number of hydrogen-bond acceptors (Lipinski definition) is 2. The second kappa shape index (κ2) is 3.78. The van der Waals surface area contributed by atoms with Crippen LogP contribution < -0.4 is 0 Å². The van der Waals surface area contributed by atoms with Gasteiger partial charge in [-0.15, -0.1) is 11.3 Å². The van der Waals surface area contributed by atoms with Crippen molar-refractivity contribution in [2.45, 2.75) is 6.54 Å². The Morgan fingerprint density at radius 2 is 2.42 bits per heavy atom. The monoisotopic (exact) mass is 205 g/mol. The van der Waals surface area contributed by atoms with Crippen LogP contribution >= 0.6 is 22.9 Å². The van der Waals surface area contributed by atoms with Gasteiger partial charge in [-0.25, -0.2) is 4.79 Å². The molecule has 0 saturated carbocycles. The van der Waals surface area contributed by atoms with Gasteiger partial charge in [0, 0.05) is 11.9 Å². The minimum Gasteiger partial charge on any atom is -0.465 e. The molecule has 0 spiro atoms. The number of hydrogen-bond donors (Lipinski definition) is 1. The van der Waals surface area contributed by atoms with Gasteiger partial charge in [-0.2, -0.15) is 0 Å². The van der Waals surface area contributed by atoms with Gasteiger partial charge in [-0.1, -0.05) is 11.6 Å². The fourth-order valence-electron chi connectivity index (χ4n) is 0.738. The summed E-state index contributed by atoms with van der Waals surface area (Å²) in [5.41, 5.74) is 0. The number of carbonyl (C=O) groups is 1. The molecule has 1 aromatic heterocycles. The number of rotatable bonds is 2. The lowest BCUT2D eigenvalue weighted by molar-refractivity contribution is 0.154. The molecule has 0 saturated heterocycles. The first-order chi connectivity index (χ1) is 5.59. The van der Waals surface area contributed by atoms with Crippen LogP contribution in [-0.2, 0) is 6.54 Å². The van der Waals surface area contributed by atoms with E-state index < -0.39 is 6.09 Å². The molecule has 66 valence electrons. The van der Waals surface area contributed by atoms with Gasteiger partial charge in [0.1, 0.15) is 0 Å². The molecule has 0 radical (unpaired) electrons. The SMILES string of the molecule is CN(Cc1ccc(Cl)s1)C(=O)O. The molecular formula is C7H8ClNO2S. The summed E-state index contributed by atoms with van der Waals surface area (Å²) in [4.78, 5) is 12.6. The summed E-state index contributed by atoms with van der Waals surface area (Å²) < 4.78 is 0.684. The molecule has 1 aromatic rings. The molecule has 1 rings (SSSR count). The molecule has 0 aliphatic heterocycles. The number of halogens is 1. The molecule has 0 aliphatic carbocycles. The topological polar surface area (TPSA) is 40.5 Å². The van der Waals surface area contributed by atoms with Crippen molar-refractivity contribution in [1.29, 1.82) is 0 Å². The molecular weight excluding hydrogens is 198 g/mol. The standard InChI is InChI=1S/C7H8ClNO2S/c1-9(7(10)11)4-5-2-3-6(8)12-5/h2-3H,4H2,1H3,(H,10,11). The number of nitrogens with zero attached hydrogens (tertiary/aromatic N) is 1. The van der Waals surface area contributed by atoms with Gasteiger partial charge >= 0.3 is 6.09 Å². The van der Waals surface area contributed by atoms with Crippen LogP contribution in [0.2, 0.25) is 4.34 Å². The van der Waals surface area contributed by atoms with E-state index in [0.29, 0.717) is 10.9 Å². The van der Waals surface area contributed by atoms with Gasteiger partial charge in [0.2, 0.25) is 0 Å². The first-order valence-electron chi connectivity index (χ1n) is 3.28. The van der Waals surface area contributed by atoms with E-state index in [2.05, 4.69) is 0 Å². The van der Waals surface area contributed by atoms with Crippen LogP contribution in [-0.4, -0.2) is 23.1 Å². The van der Waals surface area contributed by atoms with Crippen LogP contribution in [0.15, 0.2) is 12.1 Å². The predicted molar refractivity (Wildman–Crippen MR) is 48.8 cm³/mol. The van der Waals surface area contributed by atoms with E-state index >= 15 is 0 Å². The summed E-state index contributed by atoms with van der Waals surface area (Å²) in [6.07, 6.45) is -0.931. The molecule has 0 unspecified atom stereocenters. The molecule has 1 heterocycles. The van der Waals surface area contributed by atoms with E-state index in [9.17, 15) is 4.79 Å². The molecule has 0 bridgehead atoms. The third-order valence-electron chi connectivity index (χ3n) is 1.35. The zero-order valence-electron chi connectivity index (χ0n) is 6.45. The second-order valence-corrected chi connectivity index (χ2v) is 4.14. The summed E-state index contributed by atoms with van der Waals surface area (Å²) >= 11 is 7.07. The van der Waals surface area contributed by atoms with Crippen LogP contribution in [0.1, 0.15) is 4.88 Å². The Kier molecular flexibility index (Phi) is 2.94. The number of amides is 1. The maximum absolute atomic E-state index is 10.4. The largest absolute Gasteiger partial charge is 0.465 e. The molecule has 1 N–H and O–H groups in total. The third kappa shape index (κ3) is 2.39. The fourth-order valence-corrected chi connectivity index (χ4v) is 1.88. The zero-order valence-corrected chi connectivity index (χ0v) is 8.02. The maximum Gasteiger partial charge on any atom is 0.407 e. The Morgan fingerprint density at radius 1 is 1.75 bits per heavy atom. The van der Waals surface area contributed by atoms with Crippen molar-refractivity contribution < 1.29 is 9.90 Å². The minimum absolute atomic E-state index is 0.396. The van der Waals surface area contributed by atoms with E-state index in [1.54, 1.807) is 6.07 Å². The number of thiophene rings is 1. The molecule has 12 heavy (non-hydrogen) atoms. The van der Waals surface area contributed by atoms with Crippen molar-refractivity contribution in [1.82, 2.24) is 4.90 Å². The first-order valence-corrected chi connectivity index (χ1v) is 4.47. The Morgan fingerprint density at radius 3 is 2.83 bits per heavy atom. The minimum atomic E-state index is -0.931. The van der Waals surface area contributed by atoms with Crippen LogP contribution in [0.5, 0.6) is 0 Å². The van der Waals surface area contributed by atoms with Gasteiger partial charge in [-0.05, 0) is 12.1 Å². The van der Waals surface area contributed by atoms with Crippen LogP contribution in [0.3, 0.4) is 0 Å². The van der Waals surface area contributed by atoms with Crippen LogP contribution in [0.25, 0.3) is 0 Å². The van der Waals surface area contributed by atoms with Crippen molar-refractivity contribution in [2.75, 3.05) is 7.05 Å². The molecule has 1 amide bonds. The maximum atomic E-state index is 10.4. The lowest BCUT2D eigenvalue weighted by atomic mass is 10.4. The highest BCUT2D eigenvalue weighted by atomic mass is 35.5. The highest BCUT2D eigenvalue weighted by Crippen LogP contribution is 2.22. The van der Waals surface area contributed by atoms with E-state index in [1.807, 2.05) is 6.07 Å². The lowest BCUT2D eigenvalue weighted by Crippen LogP contribution is -2.23. The van der Waals surface area contributed by atoms with Crippen molar-refractivity contribution in [3.05, 3.63) is 21.3 Å². The molecule has 0 aromatic carbocycles. The predicted octanol–water partition coefficient (Wildman–Crippen LogP) is 2.51. The quantitative estimate of drug-likeness (QED) is 0.806. The Labute approximate surface area is 79.2 Å². The zero-order chi connectivity index (χ0) is 9.14. The Hall–Kier alpha value is -0.740. The molecule has 0 atom stereocenters. The number of carboxylic acid groups (broad SMARTS) is 1.